The molecule has 0 bridgehead atoms. The van der Waals surface area contributed by atoms with Crippen molar-refractivity contribution in [2.45, 2.75) is 0 Å². The minimum absolute atomic E-state index is 0.823. The van der Waals surface area contributed by atoms with E-state index in [2.05, 4.69) is 30.9 Å². The summed E-state index contributed by atoms with van der Waals surface area (Å²) < 4.78 is 1.04. The van der Waals surface area contributed by atoms with E-state index in [1.165, 1.54) is 0 Å². The Labute approximate surface area is 98.3 Å². The molecule has 74 valence electrons. The molecule has 0 spiro atoms. The number of aromatic amines is 1. The quantitative estimate of drug-likeness (QED) is 0.741. The molecule has 0 saturated carbocycles. The standard InChI is InChI=1S/C10H6BrN3S/c11-6-1-2-7-8(3-6)14-10(13-7)9-4-15-5-12-9/h1-5H,(H,13,14). The van der Waals surface area contributed by atoms with Crippen LogP contribution >= 0.6 is 27.3 Å². The number of aromatic nitrogens is 3. The molecule has 1 aromatic carbocycles. The number of benzene rings is 1. The summed E-state index contributed by atoms with van der Waals surface area (Å²) in [5, 5.41) is 1.98. The summed E-state index contributed by atoms with van der Waals surface area (Å²) in [6.07, 6.45) is 0. The second kappa shape index (κ2) is 3.43. The molecule has 0 aliphatic carbocycles. The van der Waals surface area contributed by atoms with Crippen LogP contribution in [0.3, 0.4) is 0 Å². The topological polar surface area (TPSA) is 41.6 Å². The van der Waals surface area contributed by atoms with Gasteiger partial charge in [0, 0.05) is 9.85 Å². The Bertz CT molecular complexity index is 600. The van der Waals surface area contributed by atoms with Gasteiger partial charge in [0.05, 0.1) is 16.5 Å². The summed E-state index contributed by atoms with van der Waals surface area (Å²) in [7, 11) is 0. The monoisotopic (exact) mass is 279 g/mol. The van der Waals surface area contributed by atoms with Crippen LogP contribution in [0, 0.1) is 0 Å². The smallest absolute Gasteiger partial charge is 0.158 e. The maximum absolute atomic E-state index is 4.46. The number of rotatable bonds is 1. The van der Waals surface area contributed by atoms with Crippen LogP contribution in [0.1, 0.15) is 0 Å². The third-order valence-corrected chi connectivity index (χ3v) is 3.20. The molecule has 2 heterocycles. The molecule has 0 radical (unpaired) electrons. The van der Waals surface area contributed by atoms with Crippen LogP contribution in [0.25, 0.3) is 22.6 Å². The zero-order chi connectivity index (χ0) is 10.3. The molecule has 3 nitrogen and oxygen atoms in total. The largest absolute Gasteiger partial charge is 0.337 e. The molecular formula is C10H6BrN3S. The Morgan fingerprint density at radius 3 is 3.07 bits per heavy atom. The van der Waals surface area contributed by atoms with Crippen LogP contribution in [-0.4, -0.2) is 15.0 Å². The fraction of sp³-hybridized carbons (Fsp3) is 0. The minimum atomic E-state index is 0.823. The third kappa shape index (κ3) is 1.57. The molecule has 3 rings (SSSR count). The molecule has 0 fully saturated rings. The molecular weight excluding hydrogens is 274 g/mol. The van der Waals surface area contributed by atoms with Crippen LogP contribution in [0.5, 0.6) is 0 Å². The highest BCUT2D eigenvalue weighted by atomic mass is 79.9. The second-order valence-corrected chi connectivity index (χ2v) is 4.75. The first-order chi connectivity index (χ1) is 7.33. The Balaban J connectivity index is 2.22. The molecule has 1 N–H and O–H groups in total. The van der Waals surface area contributed by atoms with Crippen molar-refractivity contribution in [1.29, 1.82) is 0 Å². The van der Waals surface area contributed by atoms with Gasteiger partial charge in [0.15, 0.2) is 5.82 Å². The van der Waals surface area contributed by atoms with E-state index in [1.54, 1.807) is 16.8 Å². The molecule has 0 unspecified atom stereocenters. The van der Waals surface area contributed by atoms with E-state index >= 15 is 0 Å². The number of hydrogen-bond acceptors (Lipinski definition) is 3. The fourth-order valence-electron chi connectivity index (χ4n) is 1.43. The molecule has 0 aliphatic heterocycles. The number of imidazole rings is 1. The number of hydrogen-bond donors (Lipinski definition) is 1. The van der Waals surface area contributed by atoms with Crippen molar-refractivity contribution in [3.8, 4) is 11.5 Å². The van der Waals surface area contributed by atoms with E-state index in [0.717, 1.165) is 27.0 Å². The summed E-state index contributed by atoms with van der Waals surface area (Å²) in [4.78, 5) is 11.9. The number of thiazole rings is 1. The first-order valence-electron chi connectivity index (χ1n) is 4.37. The number of H-pyrrole nitrogens is 1. The average Bonchev–Trinajstić information content (AvgIpc) is 2.84. The van der Waals surface area contributed by atoms with Crippen LogP contribution < -0.4 is 0 Å². The molecule has 2 aromatic heterocycles. The van der Waals surface area contributed by atoms with Gasteiger partial charge in [-0.2, -0.15) is 0 Å². The van der Waals surface area contributed by atoms with Crippen molar-refractivity contribution < 1.29 is 0 Å². The van der Waals surface area contributed by atoms with Crippen LogP contribution in [-0.2, 0) is 0 Å². The lowest BCUT2D eigenvalue weighted by Gasteiger charge is -1.87. The maximum Gasteiger partial charge on any atom is 0.158 e. The number of nitrogens with one attached hydrogen (secondary N) is 1. The zero-order valence-corrected chi connectivity index (χ0v) is 9.97. The van der Waals surface area contributed by atoms with Gasteiger partial charge in [-0.25, -0.2) is 9.97 Å². The summed E-state index contributed by atoms with van der Waals surface area (Å²) in [6, 6.07) is 5.97. The summed E-state index contributed by atoms with van der Waals surface area (Å²) in [5.74, 6) is 0.823. The normalized spacial score (nSPS) is 11.0. The van der Waals surface area contributed by atoms with E-state index in [9.17, 15) is 0 Å². The zero-order valence-electron chi connectivity index (χ0n) is 7.57. The van der Waals surface area contributed by atoms with Crippen LogP contribution in [0.15, 0.2) is 33.6 Å². The summed E-state index contributed by atoms with van der Waals surface area (Å²) in [5.41, 5.74) is 4.68. The van der Waals surface area contributed by atoms with Crippen molar-refractivity contribution in [3.63, 3.8) is 0 Å². The number of halogens is 1. The maximum atomic E-state index is 4.46. The number of fused-ring (bicyclic) bond motifs is 1. The molecule has 0 saturated heterocycles. The summed E-state index contributed by atoms with van der Waals surface area (Å²) in [6.45, 7) is 0. The van der Waals surface area contributed by atoms with Crippen molar-refractivity contribution >= 4 is 38.3 Å². The van der Waals surface area contributed by atoms with Gasteiger partial charge >= 0.3 is 0 Å². The Morgan fingerprint density at radius 2 is 2.27 bits per heavy atom. The van der Waals surface area contributed by atoms with E-state index < -0.39 is 0 Å². The summed E-state index contributed by atoms with van der Waals surface area (Å²) >= 11 is 5.00. The molecule has 3 aromatic rings. The second-order valence-electron chi connectivity index (χ2n) is 3.12. The highest BCUT2D eigenvalue weighted by Crippen LogP contribution is 2.22. The predicted octanol–water partition coefficient (Wildman–Crippen LogP) is 3.45. The van der Waals surface area contributed by atoms with Gasteiger partial charge < -0.3 is 4.98 Å². The van der Waals surface area contributed by atoms with Gasteiger partial charge in [0.1, 0.15) is 5.69 Å². The van der Waals surface area contributed by atoms with Gasteiger partial charge in [0.25, 0.3) is 0 Å². The van der Waals surface area contributed by atoms with Gasteiger partial charge in [-0.1, -0.05) is 15.9 Å². The Hall–Kier alpha value is -1.20. The lowest BCUT2D eigenvalue weighted by Crippen LogP contribution is -1.77. The highest BCUT2D eigenvalue weighted by molar-refractivity contribution is 9.10. The lowest BCUT2D eigenvalue weighted by atomic mass is 10.3. The highest BCUT2D eigenvalue weighted by Gasteiger charge is 2.06. The Morgan fingerprint density at radius 1 is 1.33 bits per heavy atom. The lowest BCUT2D eigenvalue weighted by molar-refractivity contribution is 1.27. The fourth-order valence-corrected chi connectivity index (χ4v) is 2.33. The van der Waals surface area contributed by atoms with E-state index in [1.807, 2.05) is 23.6 Å². The molecule has 0 aliphatic rings. The first-order valence-corrected chi connectivity index (χ1v) is 6.10. The third-order valence-electron chi connectivity index (χ3n) is 2.12. The number of nitrogens with zero attached hydrogens (tertiary/aromatic N) is 2. The first kappa shape index (κ1) is 9.06. The average molecular weight is 280 g/mol. The van der Waals surface area contributed by atoms with Crippen LogP contribution in [0.4, 0.5) is 0 Å². The van der Waals surface area contributed by atoms with Crippen molar-refractivity contribution in [2.75, 3.05) is 0 Å². The van der Waals surface area contributed by atoms with E-state index in [-0.39, 0.29) is 0 Å². The molecule has 15 heavy (non-hydrogen) atoms. The SMILES string of the molecule is Brc1ccc2nc(-c3cscn3)[nH]c2c1. The Kier molecular flexibility index (Phi) is 2.07. The predicted molar refractivity (Wildman–Crippen MR) is 64.9 cm³/mol. The van der Waals surface area contributed by atoms with E-state index in [0.29, 0.717) is 0 Å². The molecule has 0 atom stereocenters. The van der Waals surface area contributed by atoms with Gasteiger partial charge in [-0.05, 0) is 18.2 Å². The van der Waals surface area contributed by atoms with Crippen LogP contribution in [0.2, 0.25) is 0 Å². The van der Waals surface area contributed by atoms with Crippen molar-refractivity contribution in [3.05, 3.63) is 33.6 Å². The molecule has 0 amide bonds. The van der Waals surface area contributed by atoms with Crippen molar-refractivity contribution in [2.24, 2.45) is 0 Å². The van der Waals surface area contributed by atoms with E-state index in [4.69, 9.17) is 0 Å². The van der Waals surface area contributed by atoms with Gasteiger partial charge in [0.2, 0.25) is 0 Å². The van der Waals surface area contributed by atoms with Gasteiger partial charge in [-0.15, -0.1) is 11.3 Å². The minimum Gasteiger partial charge on any atom is -0.337 e. The molecule has 5 heteroatoms. The van der Waals surface area contributed by atoms with Gasteiger partial charge in [-0.3, -0.25) is 0 Å². The van der Waals surface area contributed by atoms with Crippen molar-refractivity contribution in [1.82, 2.24) is 15.0 Å².